The van der Waals surface area contributed by atoms with Crippen LogP contribution in [0.25, 0.3) is 0 Å². The van der Waals surface area contributed by atoms with Gasteiger partial charge in [0.15, 0.2) is 22.8 Å². The molecular weight excluding hydrogens is 484 g/mol. The molecule has 1 N–H and O–H groups in total. The number of allylic oxidation sites excluding steroid dienone is 10. The molecule has 0 spiro atoms. The smallest absolute Gasteiger partial charge is 0.184 e. The molecule has 1 fully saturated rings. The first kappa shape index (κ1) is 32.7. The third-order valence-corrected chi connectivity index (χ3v) is 8.98. The second kappa shape index (κ2) is 12.4. The molecule has 0 aromatic heterocycles. The lowest BCUT2D eigenvalue weighted by atomic mass is 9.38. The first-order chi connectivity index (χ1) is 18.0. The lowest BCUT2D eigenvalue weighted by molar-refractivity contribution is -0.180. The van der Waals surface area contributed by atoms with E-state index < -0.39 is 27.9 Å². The molecule has 0 saturated heterocycles. The second-order valence-electron chi connectivity index (χ2n) is 13.5. The van der Waals surface area contributed by atoms with Gasteiger partial charge in [0.25, 0.3) is 0 Å². The van der Waals surface area contributed by atoms with Crippen molar-refractivity contribution in [1.29, 1.82) is 0 Å². The zero-order chi connectivity index (χ0) is 29.9. The third-order valence-electron chi connectivity index (χ3n) is 8.98. The van der Waals surface area contributed by atoms with Crippen LogP contribution in [0, 0.1) is 28.1 Å². The number of Topliss-reactive ketones (excluding diaryl/α,β-unsaturated/α-hetero) is 3. The Bertz CT molecular complexity index is 1140. The summed E-state index contributed by atoms with van der Waals surface area (Å²) in [5.74, 6) is -1.93. The van der Waals surface area contributed by atoms with Crippen LogP contribution in [-0.4, -0.2) is 22.5 Å². The van der Waals surface area contributed by atoms with Crippen molar-refractivity contribution >= 4 is 17.3 Å². The van der Waals surface area contributed by atoms with E-state index in [-0.39, 0.29) is 41.7 Å². The van der Waals surface area contributed by atoms with E-state index in [4.69, 9.17) is 0 Å². The first-order valence-corrected chi connectivity index (χ1v) is 14.6. The van der Waals surface area contributed by atoms with Crippen molar-refractivity contribution in [3.63, 3.8) is 0 Å². The van der Waals surface area contributed by atoms with Crippen molar-refractivity contribution in [1.82, 2.24) is 0 Å². The molecule has 0 aromatic carbocycles. The van der Waals surface area contributed by atoms with Crippen LogP contribution in [0.1, 0.15) is 115 Å². The fourth-order valence-corrected chi connectivity index (χ4v) is 6.71. The standard InChI is InChI=1S/C35H52O4/c1-22(2)13-12-19-33(11)27(16-14-23(3)4)21-34(20-18-25(7)8)30(37)28(17-15-24(5)6)31(38)35(33,32(34)39)29(36)26(9)10/h13-15,18,26-27,37H,12,16-17,19-21H2,1-11H3/t27-,33+,34+,35?/m0/s1. The molecule has 2 rings (SSSR count). The molecule has 2 aliphatic rings. The molecule has 4 heteroatoms. The Balaban J connectivity index is 3.09. The average molecular weight is 537 g/mol. The number of carbonyl (C=O) groups is 3. The van der Waals surface area contributed by atoms with Gasteiger partial charge in [-0.15, -0.1) is 0 Å². The minimum atomic E-state index is -1.83. The number of hydrogen-bond acceptors (Lipinski definition) is 4. The predicted molar refractivity (Wildman–Crippen MR) is 161 cm³/mol. The highest BCUT2D eigenvalue weighted by molar-refractivity contribution is 6.33. The molecule has 2 bridgehead atoms. The van der Waals surface area contributed by atoms with Crippen molar-refractivity contribution in [2.45, 2.75) is 115 Å². The van der Waals surface area contributed by atoms with Gasteiger partial charge >= 0.3 is 0 Å². The monoisotopic (exact) mass is 536 g/mol. The van der Waals surface area contributed by atoms with E-state index in [1.165, 1.54) is 5.57 Å². The van der Waals surface area contributed by atoms with Gasteiger partial charge in [0.05, 0.1) is 5.41 Å². The highest BCUT2D eigenvalue weighted by Gasteiger charge is 2.75. The molecular formula is C35H52O4. The Morgan fingerprint density at radius 2 is 1.44 bits per heavy atom. The Hall–Kier alpha value is -2.49. The van der Waals surface area contributed by atoms with Gasteiger partial charge in [0.2, 0.25) is 0 Å². The lowest BCUT2D eigenvalue weighted by Gasteiger charge is -2.61. The van der Waals surface area contributed by atoms with E-state index in [9.17, 15) is 19.5 Å². The van der Waals surface area contributed by atoms with Gasteiger partial charge in [-0.05, 0) is 105 Å². The number of ketones is 3. The van der Waals surface area contributed by atoms with Crippen molar-refractivity contribution in [2.75, 3.05) is 0 Å². The number of fused-ring (bicyclic) bond motifs is 2. The first-order valence-electron chi connectivity index (χ1n) is 14.6. The summed E-state index contributed by atoms with van der Waals surface area (Å²) in [5.41, 5.74) is 0.583. The second-order valence-corrected chi connectivity index (χ2v) is 13.5. The number of carbonyl (C=O) groups excluding carboxylic acids is 3. The van der Waals surface area contributed by atoms with Gasteiger partial charge in [-0.3, -0.25) is 14.4 Å². The summed E-state index contributed by atoms with van der Waals surface area (Å²) in [4.78, 5) is 44.3. The molecule has 1 saturated carbocycles. The maximum atomic E-state index is 15.0. The van der Waals surface area contributed by atoms with E-state index in [1.54, 1.807) is 13.8 Å². The van der Waals surface area contributed by atoms with Crippen LogP contribution in [0.15, 0.2) is 57.9 Å². The summed E-state index contributed by atoms with van der Waals surface area (Å²) < 4.78 is 0. The lowest BCUT2D eigenvalue weighted by Crippen LogP contribution is -2.71. The van der Waals surface area contributed by atoms with Crippen LogP contribution in [0.3, 0.4) is 0 Å². The van der Waals surface area contributed by atoms with Crippen molar-refractivity contribution in [3.8, 4) is 0 Å². The summed E-state index contributed by atoms with van der Waals surface area (Å²) in [6.07, 6.45) is 11.0. The molecule has 4 nitrogen and oxygen atoms in total. The number of hydrogen-bond donors (Lipinski definition) is 1. The average Bonchev–Trinajstić information content (AvgIpc) is 2.81. The Morgan fingerprint density at radius 3 is 1.92 bits per heavy atom. The van der Waals surface area contributed by atoms with Crippen molar-refractivity contribution < 1.29 is 19.5 Å². The van der Waals surface area contributed by atoms with E-state index in [2.05, 4.69) is 12.2 Å². The van der Waals surface area contributed by atoms with Gasteiger partial charge in [-0.2, -0.15) is 0 Å². The molecule has 0 aromatic rings. The Kier molecular flexibility index (Phi) is 10.4. The topological polar surface area (TPSA) is 71.4 Å². The van der Waals surface area contributed by atoms with E-state index >= 15 is 0 Å². The number of rotatable bonds is 11. The molecule has 39 heavy (non-hydrogen) atoms. The summed E-state index contributed by atoms with van der Waals surface area (Å²) in [6.45, 7) is 21.6. The fourth-order valence-electron chi connectivity index (χ4n) is 6.71. The fraction of sp³-hybridized carbons (Fsp3) is 0.629. The minimum absolute atomic E-state index is 0.117. The molecule has 0 radical (unpaired) electrons. The highest BCUT2D eigenvalue weighted by Crippen LogP contribution is 2.67. The summed E-state index contributed by atoms with van der Waals surface area (Å²) >= 11 is 0. The molecule has 0 amide bonds. The molecule has 216 valence electrons. The quantitative estimate of drug-likeness (QED) is 0.211. The maximum Gasteiger partial charge on any atom is 0.184 e. The van der Waals surface area contributed by atoms with Crippen LogP contribution >= 0.6 is 0 Å². The van der Waals surface area contributed by atoms with Gasteiger partial charge < -0.3 is 5.11 Å². The zero-order valence-corrected chi connectivity index (χ0v) is 26.4. The molecule has 0 heterocycles. The highest BCUT2D eigenvalue weighted by atomic mass is 16.3. The third kappa shape index (κ3) is 5.86. The molecule has 1 unspecified atom stereocenters. The maximum absolute atomic E-state index is 15.0. The van der Waals surface area contributed by atoms with Gasteiger partial charge in [-0.1, -0.05) is 67.4 Å². The summed E-state index contributed by atoms with van der Waals surface area (Å²) in [6, 6.07) is 0. The van der Waals surface area contributed by atoms with Crippen molar-refractivity contribution in [2.24, 2.45) is 28.1 Å². The number of aliphatic hydroxyl groups is 1. The molecule has 4 atom stereocenters. The van der Waals surface area contributed by atoms with Gasteiger partial charge in [-0.25, -0.2) is 0 Å². The molecule has 2 aliphatic carbocycles. The van der Waals surface area contributed by atoms with Crippen LogP contribution in [-0.2, 0) is 14.4 Å². The minimum Gasteiger partial charge on any atom is -0.511 e. The van der Waals surface area contributed by atoms with Crippen molar-refractivity contribution in [3.05, 3.63) is 57.9 Å². The van der Waals surface area contributed by atoms with Gasteiger partial charge in [0.1, 0.15) is 5.76 Å². The largest absolute Gasteiger partial charge is 0.511 e. The Labute approximate surface area is 237 Å². The Morgan fingerprint density at radius 1 is 0.897 bits per heavy atom. The van der Waals surface area contributed by atoms with Crippen LogP contribution < -0.4 is 0 Å². The molecule has 0 aliphatic heterocycles. The normalized spacial score (nSPS) is 28.3. The van der Waals surface area contributed by atoms with Crippen LogP contribution in [0.4, 0.5) is 0 Å². The van der Waals surface area contributed by atoms with Gasteiger partial charge in [0, 0.05) is 11.5 Å². The number of aliphatic hydroxyl groups excluding tert-OH is 1. The van der Waals surface area contributed by atoms with E-state index in [1.807, 2.05) is 74.5 Å². The summed E-state index contributed by atoms with van der Waals surface area (Å²) in [7, 11) is 0. The van der Waals surface area contributed by atoms with E-state index in [0.717, 1.165) is 16.7 Å². The summed E-state index contributed by atoms with van der Waals surface area (Å²) in [5, 5.41) is 11.9. The van der Waals surface area contributed by atoms with Crippen LogP contribution in [0.5, 0.6) is 0 Å². The van der Waals surface area contributed by atoms with Crippen LogP contribution in [0.2, 0.25) is 0 Å². The SMILES string of the molecule is CC(C)=CCC[C@]1(C)[C@@H](CC=C(C)C)C[C@@]2(CC=C(C)C)C(=O)C1(C(=O)C(C)C)C(=O)C(CC=C(C)C)=C2O. The zero-order valence-electron chi connectivity index (χ0n) is 26.4. The van der Waals surface area contributed by atoms with E-state index in [0.29, 0.717) is 25.7 Å². The predicted octanol–water partition coefficient (Wildman–Crippen LogP) is 8.99.